The minimum absolute atomic E-state index is 0. The minimum Gasteiger partial charge on any atom is -0.768 e. The molecule has 6 aromatic rings. The topological polar surface area (TPSA) is 214 Å². The summed E-state index contributed by atoms with van der Waals surface area (Å²) in [6.45, 7) is 2.08. The molecule has 0 fully saturated rings. The zero-order chi connectivity index (χ0) is 44.3. The van der Waals surface area contributed by atoms with Crippen molar-refractivity contribution in [3.8, 4) is 0 Å². The van der Waals surface area contributed by atoms with Gasteiger partial charge in [-0.25, -0.2) is 42.1 Å². The number of rotatable bonds is 12. The Labute approximate surface area is 369 Å². The summed E-state index contributed by atoms with van der Waals surface area (Å²) in [7, 11) is -15.4. The van der Waals surface area contributed by atoms with Crippen molar-refractivity contribution in [2.75, 3.05) is 20.4 Å². The van der Waals surface area contributed by atoms with Gasteiger partial charge in [-0.15, -0.1) is 0 Å². The van der Waals surface area contributed by atoms with Gasteiger partial charge in [0.25, 0.3) is 0 Å². The van der Waals surface area contributed by atoms with Crippen LogP contribution >= 0.6 is 0 Å². The van der Waals surface area contributed by atoms with Crippen molar-refractivity contribution in [1.29, 1.82) is 0 Å². The third-order valence-electron chi connectivity index (χ3n) is 8.79. The molecule has 6 rings (SSSR count). The summed E-state index contributed by atoms with van der Waals surface area (Å²) in [4.78, 5) is 1.55. The van der Waals surface area contributed by atoms with E-state index in [2.05, 4.69) is 6.07 Å². The van der Waals surface area contributed by atoms with Crippen LogP contribution in [0.5, 0.6) is 0 Å². The number of benzene rings is 6. The van der Waals surface area contributed by atoms with Gasteiger partial charge in [-0.1, -0.05) is 17.7 Å². The van der Waals surface area contributed by atoms with Crippen molar-refractivity contribution < 1.29 is 67.6 Å². The van der Waals surface area contributed by atoms with Crippen molar-refractivity contribution >= 4 is 60.3 Å². The van der Waals surface area contributed by atoms with E-state index in [1.54, 1.807) is 31.1 Å². The van der Waals surface area contributed by atoms with Crippen LogP contribution in [-0.4, -0.2) is 76.1 Å². The van der Waals surface area contributed by atoms with E-state index in [1.807, 2.05) is 6.92 Å². The Morgan fingerprint density at radius 1 is 0.492 bits per heavy atom. The van der Waals surface area contributed by atoms with Crippen LogP contribution in [-0.2, 0) is 83.6 Å². The van der Waals surface area contributed by atoms with E-state index in [-0.39, 0.29) is 72.3 Å². The average molecular weight is 987 g/mol. The quantitative estimate of drug-likeness (QED) is 0.109. The maximum Gasteiger partial charge on any atom is 2.00 e. The number of nitrogens with zero attached hydrogens (tertiary/aromatic N) is 1. The maximum atomic E-state index is 13.1. The monoisotopic (exact) mass is 986 g/mol. The molecule has 0 saturated heterocycles. The number of hydrogen-bond acceptors (Lipinski definition) is 13. The molecule has 0 aliphatic carbocycles. The van der Waals surface area contributed by atoms with E-state index in [0.717, 1.165) is 11.8 Å². The van der Waals surface area contributed by atoms with E-state index in [4.69, 9.17) is 0 Å². The van der Waals surface area contributed by atoms with E-state index in [9.17, 15) is 50.9 Å². The fourth-order valence-corrected chi connectivity index (χ4v) is 11.9. The van der Waals surface area contributed by atoms with Crippen LogP contribution in [0, 0.1) is 13.0 Å². The van der Waals surface area contributed by atoms with Crippen molar-refractivity contribution in [3.05, 3.63) is 157 Å². The van der Waals surface area contributed by atoms with Gasteiger partial charge in [0.2, 0.25) is 29.5 Å². The molecule has 0 aliphatic rings. The molecule has 0 heterocycles. The molecule has 0 saturated carbocycles. The number of hydrogen-bond donors (Lipinski definition) is 0. The van der Waals surface area contributed by atoms with Crippen LogP contribution in [0.25, 0.3) is 0 Å². The fourth-order valence-electron chi connectivity index (χ4n) is 5.62. The summed E-state index contributed by atoms with van der Waals surface area (Å²) in [6, 6.07) is 33.4. The second-order valence-corrected chi connectivity index (χ2v) is 24.2. The standard InChI is InChI=1S/C22H23NO6S3.C19H15O6S3.Co/c1-16-4-6-18(7-5-16)31(26,27)19-8-10-20(11-9-19)32(28,29)21-12-13-22(30(24)25)17(14-21)15-23(2)3;1-26(20,21)15-7-9-17(10-8-15)28(24,25)19-13-11-18(12-14-19)27(22,23)16-5-3-2-4-6-16;/h4-14H,15H2,1-3H3,(H,24,25);3-14H,1H3;/q;-1;+2/p-1. The summed E-state index contributed by atoms with van der Waals surface area (Å²) in [5, 5.41) is 0. The SMILES string of the molecule is CS(=O)(=O)c1ccc(S(=O)(=O)c2ccc(S(=O)(=O)c3cc[c-]cc3)cc2)cc1.Cc1ccc(S(=O)(=O)c2ccc(S(=O)(=O)c3ccc(S(=O)[O-])c(CN(C)C)c3)cc2)cc1.[Co+2]. The molecule has 1 radical (unpaired) electrons. The molecule has 1 unspecified atom stereocenters. The predicted molar refractivity (Wildman–Crippen MR) is 222 cm³/mol. The first-order valence-corrected chi connectivity index (χ1v) is 26.3. The van der Waals surface area contributed by atoms with E-state index in [0.29, 0.717) is 5.56 Å². The summed E-state index contributed by atoms with van der Waals surface area (Å²) in [5.74, 6) is 0. The molecule has 0 N–H and O–H groups in total. The molecule has 0 bridgehead atoms. The van der Waals surface area contributed by atoms with Crippen LogP contribution < -0.4 is 0 Å². The molecule has 1 atom stereocenters. The van der Waals surface area contributed by atoms with Crippen LogP contribution in [0.3, 0.4) is 0 Å². The minimum atomic E-state index is -3.99. The molecular weight excluding hydrogens is 950 g/mol. The van der Waals surface area contributed by atoms with Gasteiger partial charge in [0.15, 0.2) is 19.7 Å². The number of sulfone groups is 5. The van der Waals surface area contributed by atoms with Crippen LogP contribution in [0.1, 0.15) is 11.1 Å². The molecule has 0 spiro atoms. The Bertz CT molecular complexity index is 3110. The number of aryl methyl sites for hydroxylation is 1. The summed E-state index contributed by atoms with van der Waals surface area (Å²) in [5.41, 5.74) is 1.27. The Hall–Kier alpha value is -4.35. The molecule has 6 aromatic carbocycles. The zero-order valence-electron chi connectivity index (χ0n) is 32.6. The van der Waals surface area contributed by atoms with Crippen molar-refractivity contribution in [2.24, 2.45) is 0 Å². The maximum absolute atomic E-state index is 13.1. The fraction of sp³-hybridized carbons (Fsp3) is 0.122. The first-order valence-electron chi connectivity index (χ1n) is 17.4. The van der Waals surface area contributed by atoms with Crippen LogP contribution in [0.15, 0.2) is 188 Å². The van der Waals surface area contributed by atoms with E-state index in [1.165, 1.54) is 127 Å². The molecule has 13 nitrogen and oxygen atoms in total. The van der Waals surface area contributed by atoms with Crippen molar-refractivity contribution in [2.45, 2.75) is 62.4 Å². The summed E-state index contributed by atoms with van der Waals surface area (Å²) >= 11 is -2.51. The summed E-state index contributed by atoms with van der Waals surface area (Å²) < 4.78 is 148. The van der Waals surface area contributed by atoms with Gasteiger partial charge >= 0.3 is 16.8 Å². The van der Waals surface area contributed by atoms with Crippen molar-refractivity contribution in [1.82, 2.24) is 4.90 Å². The third-order valence-corrected chi connectivity index (χ3v) is 17.8. The van der Waals surface area contributed by atoms with E-state index < -0.39 is 60.3 Å². The Morgan fingerprint density at radius 2 is 0.787 bits per heavy atom. The van der Waals surface area contributed by atoms with Gasteiger partial charge in [0.1, 0.15) is 0 Å². The molecule has 20 heteroatoms. The zero-order valence-corrected chi connectivity index (χ0v) is 38.6. The smallest absolute Gasteiger partial charge is 0.768 e. The van der Waals surface area contributed by atoms with Gasteiger partial charge in [-0.05, 0) is 146 Å². The molecule has 61 heavy (non-hydrogen) atoms. The first-order chi connectivity index (χ1) is 27.9. The molecule has 0 aliphatic heterocycles. The molecule has 0 aromatic heterocycles. The van der Waals surface area contributed by atoms with Crippen molar-refractivity contribution in [3.63, 3.8) is 0 Å². The summed E-state index contributed by atoms with van der Waals surface area (Å²) in [6.07, 6.45) is 1.03. The second-order valence-electron chi connectivity index (χ2n) is 13.5. The molecule has 323 valence electrons. The van der Waals surface area contributed by atoms with Gasteiger partial charge < -0.3 is 9.45 Å². The van der Waals surface area contributed by atoms with Gasteiger partial charge in [-0.2, -0.15) is 30.3 Å². The van der Waals surface area contributed by atoms with Gasteiger partial charge in [0.05, 0.1) is 39.2 Å². The average Bonchev–Trinajstić information content (AvgIpc) is 3.21. The van der Waals surface area contributed by atoms with Crippen LogP contribution in [0.4, 0.5) is 0 Å². The first kappa shape index (κ1) is 49.3. The second kappa shape index (κ2) is 19.4. The Kier molecular flexibility index (Phi) is 15.6. The Balaban J connectivity index is 0.000000266. The largest absolute Gasteiger partial charge is 2.00 e. The van der Waals surface area contributed by atoms with E-state index >= 15 is 0 Å². The van der Waals surface area contributed by atoms with Gasteiger partial charge in [-0.3, -0.25) is 4.21 Å². The molecule has 0 amide bonds. The predicted octanol–water partition coefficient (Wildman–Crippen LogP) is 5.51. The Morgan fingerprint density at radius 3 is 1.11 bits per heavy atom. The van der Waals surface area contributed by atoms with Gasteiger partial charge in [0, 0.05) is 17.7 Å². The molecular formula is C41H37CoNO12S6. The normalized spacial score (nSPS) is 12.8. The van der Waals surface area contributed by atoms with Crippen LogP contribution in [0.2, 0.25) is 0 Å². The third kappa shape index (κ3) is 11.4.